The number of fused-ring (bicyclic) bond motifs is 2. The van der Waals surface area contributed by atoms with E-state index < -0.39 is 11.4 Å². The fourth-order valence-electron chi connectivity index (χ4n) is 3.24. The van der Waals surface area contributed by atoms with E-state index in [-0.39, 0.29) is 12.2 Å². The van der Waals surface area contributed by atoms with E-state index in [0.717, 1.165) is 17.5 Å². The molecule has 0 saturated carbocycles. The zero-order chi connectivity index (χ0) is 14.4. The molecule has 1 fully saturated rings. The molecule has 20 heavy (non-hydrogen) atoms. The molecule has 1 spiro atoms. The molecular weight excluding hydrogens is 252 g/mol. The van der Waals surface area contributed by atoms with Crippen LogP contribution >= 0.6 is 0 Å². The molecule has 2 aliphatic rings. The van der Waals surface area contributed by atoms with Crippen molar-refractivity contribution in [3.05, 3.63) is 47.5 Å². The first-order chi connectivity index (χ1) is 9.49. The van der Waals surface area contributed by atoms with Gasteiger partial charge in [0.15, 0.2) is 0 Å². The third kappa shape index (κ3) is 2.01. The molecule has 3 nitrogen and oxygen atoms in total. The van der Waals surface area contributed by atoms with Crippen molar-refractivity contribution in [2.75, 3.05) is 7.11 Å². The van der Waals surface area contributed by atoms with E-state index in [2.05, 4.69) is 32.9 Å². The van der Waals surface area contributed by atoms with Crippen molar-refractivity contribution in [2.45, 2.75) is 50.8 Å². The summed E-state index contributed by atoms with van der Waals surface area (Å²) >= 11 is 0. The van der Waals surface area contributed by atoms with Crippen LogP contribution in [0.1, 0.15) is 38.3 Å². The lowest BCUT2D eigenvalue weighted by atomic mass is 9.81. The Hall–Kier alpha value is -1.16. The van der Waals surface area contributed by atoms with Crippen LogP contribution in [-0.2, 0) is 25.6 Å². The summed E-state index contributed by atoms with van der Waals surface area (Å²) < 4.78 is 18.1. The van der Waals surface area contributed by atoms with Gasteiger partial charge in [-0.15, -0.1) is 0 Å². The Morgan fingerprint density at radius 2 is 1.65 bits per heavy atom. The molecule has 0 radical (unpaired) electrons. The third-order valence-electron chi connectivity index (χ3n) is 4.30. The normalized spacial score (nSPS) is 39.8. The second-order valence-electron chi connectivity index (χ2n) is 5.95. The molecule has 0 aromatic heterocycles. The molecule has 1 saturated heterocycles. The van der Waals surface area contributed by atoms with Crippen LogP contribution in [0, 0.1) is 0 Å². The van der Waals surface area contributed by atoms with Gasteiger partial charge >= 0.3 is 0 Å². The second-order valence-corrected chi connectivity index (χ2v) is 5.95. The number of ether oxygens (including phenoxy) is 3. The highest BCUT2D eigenvalue weighted by Crippen LogP contribution is 2.46. The minimum atomic E-state index is -0.772. The SMILES string of the molecule is COC1(C)C=CC2(O[C@H](C)C[C@H](C)O2)c2ccccc21. The summed E-state index contributed by atoms with van der Waals surface area (Å²) in [7, 11) is 1.73. The average Bonchev–Trinajstić information content (AvgIpc) is 2.43. The molecule has 1 heterocycles. The van der Waals surface area contributed by atoms with Gasteiger partial charge in [0.25, 0.3) is 0 Å². The Morgan fingerprint density at radius 1 is 1.05 bits per heavy atom. The first-order valence-electron chi connectivity index (χ1n) is 7.20. The predicted octanol–water partition coefficient (Wildman–Crippen LogP) is 3.48. The summed E-state index contributed by atoms with van der Waals surface area (Å²) in [5.41, 5.74) is 1.72. The Kier molecular flexibility index (Phi) is 3.24. The van der Waals surface area contributed by atoms with E-state index in [4.69, 9.17) is 14.2 Å². The molecule has 0 amide bonds. The summed E-state index contributed by atoms with van der Waals surface area (Å²) in [5, 5.41) is 0. The van der Waals surface area contributed by atoms with Crippen molar-refractivity contribution in [2.24, 2.45) is 0 Å². The molecule has 0 N–H and O–H groups in total. The Bertz CT molecular complexity index is 527. The summed E-state index contributed by atoms with van der Waals surface area (Å²) in [6, 6.07) is 8.20. The van der Waals surface area contributed by atoms with E-state index >= 15 is 0 Å². The Labute approximate surface area is 120 Å². The first kappa shape index (κ1) is 13.8. The van der Waals surface area contributed by atoms with Crippen LogP contribution in [0.15, 0.2) is 36.4 Å². The second kappa shape index (κ2) is 4.69. The van der Waals surface area contributed by atoms with Gasteiger partial charge in [-0.2, -0.15) is 0 Å². The van der Waals surface area contributed by atoms with E-state index in [0.29, 0.717) is 0 Å². The Morgan fingerprint density at radius 3 is 2.25 bits per heavy atom. The van der Waals surface area contributed by atoms with Crippen molar-refractivity contribution in [3.63, 3.8) is 0 Å². The van der Waals surface area contributed by atoms with Crippen LogP contribution in [0.4, 0.5) is 0 Å². The van der Waals surface area contributed by atoms with Gasteiger partial charge in [-0.3, -0.25) is 0 Å². The van der Waals surface area contributed by atoms with Gasteiger partial charge in [-0.1, -0.05) is 24.3 Å². The van der Waals surface area contributed by atoms with E-state index in [1.54, 1.807) is 7.11 Å². The molecule has 2 unspecified atom stereocenters. The molecule has 1 aliphatic carbocycles. The van der Waals surface area contributed by atoms with Crippen molar-refractivity contribution >= 4 is 0 Å². The largest absolute Gasteiger partial charge is 0.370 e. The highest BCUT2D eigenvalue weighted by atomic mass is 16.7. The number of benzene rings is 1. The van der Waals surface area contributed by atoms with Gasteiger partial charge in [0, 0.05) is 12.7 Å². The fraction of sp³-hybridized carbons (Fsp3) is 0.529. The van der Waals surface area contributed by atoms with Crippen LogP contribution in [-0.4, -0.2) is 19.3 Å². The van der Waals surface area contributed by atoms with Crippen LogP contribution in [0.3, 0.4) is 0 Å². The van der Waals surface area contributed by atoms with Gasteiger partial charge in [-0.25, -0.2) is 0 Å². The zero-order valence-corrected chi connectivity index (χ0v) is 12.6. The minimum absolute atomic E-state index is 0.170. The van der Waals surface area contributed by atoms with Crippen molar-refractivity contribution in [1.29, 1.82) is 0 Å². The van der Waals surface area contributed by atoms with Gasteiger partial charge in [0.05, 0.1) is 12.2 Å². The van der Waals surface area contributed by atoms with Gasteiger partial charge in [0.2, 0.25) is 5.79 Å². The predicted molar refractivity (Wildman–Crippen MR) is 77.3 cm³/mol. The van der Waals surface area contributed by atoms with Crippen LogP contribution in [0.5, 0.6) is 0 Å². The lowest BCUT2D eigenvalue weighted by Gasteiger charge is -2.46. The third-order valence-corrected chi connectivity index (χ3v) is 4.30. The first-order valence-corrected chi connectivity index (χ1v) is 7.20. The van der Waals surface area contributed by atoms with Crippen molar-refractivity contribution in [3.8, 4) is 0 Å². The lowest BCUT2D eigenvalue weighted by Crippen LogP contribution is -2.47. The standard InChI is InChI=1S/C17H22O3/c1-12-11-13(2)20-17(19-12)10-9-16(3,18-4)14-7-5-6-8-15(14)17/h5-10,12-13H,11H2,1-4H3/t12-,13+,16?,17?. The Balaban J connectivity index is 2.13. The van der Waals surface area contributed by atoms with Gasteiger partial charge in [0.1, 0.15) is 5.60 Å². The van der Waals surface area contributed by atoms with Crippen LogP contribution in [0.2, 0.25) is 0 Å². The maximum Gasteiger partial charge on any atom is 0.216 e. The average molecular weight is 274 g/mol. The monoisotopic (exact) mass is 274 g/mol. The summed E-state index contributed by atoms with van der Waals surface area (Å²) in [5.74, 6) is -0.772. The number of methoxy groups -OCH3 is 1. The van der Waals surface area contributed by atoms with E-state index in [9.17, 15) is 0 Å². The number of rotatable bonds is 1. The van der Waals surface area contributed by atoms with Crippen molar-refractivity contribution < 1.29 is 14.2 Å². The van der Waals surface area contributed by atoms with E-state index in [1.165, 1.54) is 0 Å². The molecule has 108 valence electrons. The topological polar surface area (TPSA) is 27.7 Å². The maximum absolute atomic E-state index is 6.18. The molecular formula is C17H22O3. The smallest absolute Gasteiger partial charge is 0.216 e. The quantitative estimate of drug-likeness (QED) is 0.734. The molecule has 1 aliphatic heterocycles. The summed E-state index contributed by atoms with van der Waals surface area (Å²) in [4.78, 5) is 0. The molecule has 4 atom stereocenters. The van der Waals surface area contributed by atoms with Crippen LogP contribution in [0.25, 0.3) is 0 Å². The molecule has 3 rings (SSSR count). The highest BCUT2D eigenvalue weighted by Gasteiger charge is 2.46. The highest BCUT2D eigenvalue weighted by molar-refractivity contribution is 5.44. The zero-order valence-electron chi connectivity index (χ0n) is 12.6. The fourth-order valence-corrected chi connectivity index (χ4v) is 3.24. The van der Waals surface area contributed by atoms with Crippen molar-refractivity contribution in [1.82, 2.24) is 0 Å². The maximum atomic E-state index is 6.18. The van der Waals surface area contributed by atoms with Crippen LogP contribution < -0.4 is 0 Å². The molecule has 1 aromatic rings. The summed E-state index contributed by atoms with van der Waals surface area (Å²) in [6.07, 6.45) is 5.30. The van der Waals surface area contributed by atoms with Gasteiger partial charge < -0.3 is 14.2 Å². The molecule has 3 heteroatoms. The molecule has 0 bridgehead atoms. The lowest BCUT2D eigenvalue weighted by molar-refractivity contribution is -0.296. The summed E-state index contributed by atoms with van der Waals surface area (Å²) in [6.45, 7) is 6.26. The minimum Gasteiger partial charge on any atom is -0.370 e. The van der Waals surface area contributed by atoms with Gasteiger partial charge in [-0.05, 0) is 44.9 Å². The molecule has 1 aromatic carbocycles. The number of hydrogen-bond acceptors (Lipinski definition) is 3. The number of hydrogen-bond donors (Lipinski definition) is 0. The van der Waals surface area contributed by atoms with E-state index in [1.807, 2.05) is 24.3 Å².